The van der Waals surface area contributed by atoms with Crippen molar-refractivity contribution in [3.63, 3.8) is 0 Å². The quantitative estimate of drug-likeness (QED) is 0.791. The van der Waals surface area contributed by atoms with Crippen molar-refractivity contribution in [3.8, 4) is 5.75 Å². The minimum Gasteiger partial charge on any atom is -0.494 e. The maximum absolute atomic E-state index is 12.9. The summed E-state index contributed by atoms with van der Waals surface area (Å²) in [5, 5.41) is 5.51. The van der Waals surface area contributed by atoms with Crippen molar-refractivity contribution in [2.45, 2.75) is 52.2 Å². The summed E-state index contributed by atoms with van der Waals surface area (Å²) in [5.74, 6) is 0.753. The number of rotatable bonds is 5. The molecule has 1 aromatic rings. The Morgan fingerprint density at radius 3 is 2.58 bits per heavy atom. The van der Waals surface area contributed by atoms with Crippen molar-refractivity contribution < 1.29 is 19.1 Å². The number of nitrogens with one attached hydrogen (secondary N) is 2. The van der Waals surface area contributed by atoms with Crippen LogP contribution in [0.5, 0.6) is 5.75 Å². The van der Waals surface area contributed by atoms with Gasteiger partial charge in [-0.1, -0.05) is 19.1 Å². The molecule has 0 radical (unpaired) electrons. The van der Waals surface area contributed by atoms with Crippen LogP contribution in [-0.4, -0.2) is 24.7 Å². The van der Waals surface area contributed by atoms with E-state index in [9.17, 15) is 9.59 Å². The Hall–Kier alpha value is -2.50. The molecule has 3 rings (SSSR count). The fourth-order valence-corrected chi connectivity index (χ4v) is 3.63. The van der Waals surface area contributed by atoms with Gasteiger partial charge in [-0.3, -0.25) is 0 Å². The van der Waals surface area contributed by atoms with Crippen LogP contribution in [0.25, 0.3) is 0 Å². The van der Waals surface area contributed by atoms with E-state index < -0.39 is 6.04 Å². The molecule has 2 N–H and O–H groups in total. The summed E-state index contributed by atoms with van der Waals surface area (Å²) in [6, 6.07) is 6.53. The van der Waals surface area contributed by atoms with Crippen molar-refractivity contribution in [1.29, 1.82) is 0 Å². The maximum atomic E-state index is 12.9. The van der Waals surface area contributed by atoms with E-state index in [1.807, 2.05) is 31.2 Å². The van der Waals surface area contributed by atoms with E-state index in [1.165, 1.54) is 0 Å². The number of hydrogen-bond acceptors (Lipinski definition) is 4. The summed E-state index contributed by atoms with van der Waals surface area (Å²) in [4.78, 5) is 24.8. The Morgan fingerprint density at radius 2 is 1.96 bits per heavy atom. The molecule has 2 aliphatic rings. The van der Waals surface area contributed by atoms with Gasteiger partial charge in [-0.25, -0.2) is 9.59 Å². The lowest BCUT2D eigenvalue weighted by atomic mass is 9.95. The van der Waals surface area contributed by atoms with Crippen LogP contribution in [-0.2, 0) is 9.53 Å². The standard InChI is InChI=1S/C20H26N2O4/c1-4-25-15-10-8-14(9-11-15)18-17(13(3)21-20(24)22-18)19(23)26-16-7-5-6-12(16)2/h8-12,16,18H,4-7H2,1-3H3,(H2,21,22,24)/t12-,16+,18+/m1/s1. The van der Waals surface area contributed by atoms with Crippen molar-refractivity contribution >= 4 is 12.0 Å². The maximum Gasteiger partial charge on any atom is 0.338 e. The summed E-state index contributed by atoms with van der Waals surface area (Å²) >= 11 is 0. The van der Waals surface area contributed by atoms with E-state index in [-0.39, 0.29) is 18.1 Å². The number of carbonyl (C=O) groups excluding carboxylic acids is 2. The van der Waals surface area contributed by atoms with E-state index in [2.05, 4.69) is 17.6 Å². The van der Waals surface area contributed by atoms with Gasteiger partial charge in [0.05, 0.1) is 18.2 Å². The number of hydrogen-bond donors (Lipinski definition) is 2. The molecule has 1 fully saturated rings. The Morgan fingerprint density at radius 1 is 1.23 bits per heavy atom. The lowest BCUT2D eigenvalue weighted by molar-refractivity contribution is -0.146. The molecular formula is C20H26N2O4. The molecule has 1 saturated carbocycles. The predicted octanol–water partition coefficient (Wildman–Crippen LogP) is 3.45. The third-order valence-electron chi connectivity index (χ3n) is 5.05. The van der Waals surface area contributed by atoms with E-state index in [1.54, 1.807) is 6.92 Å². The lowest BCUT2D eigenvalue weighted by Gasteiger charge is -2.29. The van der Waals surface area contributed by atoms with Crippen molar-refractivity contribution in [2.75, 3.05) is 6.61 Å². The summed E-state index contributed by atoms with van der Waals surface area (Å²) < 4.78 is 11.2. The second-order valence-electron chi connectivity index (χ2n) is 6.92. The monoisotopic (exact) mass is 358 g/mol. The highest BCUT2D eigenvalue weighted by atomic mass is 16.5. The number of benzene rings is 1. The van der Waals surface area contributed by atoms with Crippen LogP contribution in [0.1, 0.15) is 51.6 Å². The summed E-state index contributed by atoms with van der Waals surface area (Å²) in [6.45, 7) is 6.34. The molecule has 1 aliphatic heterocycles. The van der Waals surface area contributed by atoms with Gasteiger partial charge in [0, 0.05) is 5.70 Å². The van der Waals surface area contributed by atoms with Gasteiger partial charge in [-0.2, -0.15) is 0 Å². The largest absolute Gasteiger partial charge is 0.494 e. The van der Waals surface area contributed by atoms with Crippen LogP contribution in [0.15, 0.2) is 35.5 Å². The fourth-order valence-electron chi connectivity index (χ4n) is 3.63. The minimum absolute atomic E-state index is 0.0543. The average Bonchev–Trinajstić information content (AvgIpc) is 3.00. The minimum atomic E-state index is -0.538. The first-order chi connectivity index (χ1) is 12.5. The zero-order valence-electron chi connectivity index (χ0n) is 15.5. The number of urea groups is 1. The van der Waals surface area contributed by atoms with Crippen LogP contribution < -0.4 is 15.4 Å². The zero-order chi connectivity index (χ0) is 18.7. The Balaban J connectivity index is 1.85. The first kappa shape index (κ1) is 18.3. The van der Waals surface area contributed by atoms with Gasteiger partial charge in [0.15, 0.2) is 0 Å². The highest BCUT2D eigenvalue weighted by molar-refractivity contribution is 5.95. The normalized spacial score (nSPS) is 25.5. The van der Waals surface area contributed by atoms with Crippen molar-refractivity contribution in [2.24, 2.45) is 5.92 Å². The second kappa shape index (κ2) is 7.81. The molecule has 140 valence electrons. The van der Waals surface area contributed by atoms with Gasteiger partial charge >= 0.3 is 12.0 Å². The van der Waals surface area contributed by atoms with E-state index in [4.69, 9.17) is 9.47 Å². The number of amides is 2. The topological polar surface area (TPSA) is 76.7 Å². The Labute approximate surface area is 153 Å². The molecule has 1 aliphatic carbocycles. The van der Waals surface area contributed by atoms with E-state index in [0.717, 1.165) is 30.6 Å². The SMILES string of the molecule is CCOc1ccc([C@@H]2NC(=O)NC(C)=C2C(=O)O[C@H]2CCC[C@H]2C)cc1. The summed E-state index contributed by atoms with van der Waals surface area (Å²) in [7, 11) is 0. The number of carbonyl (C=O) groups is 2. The number of ether oxygens (including phenoxy) is 2. The molecule has 1 aromatic carbocycles. The van der Waals surface area contributed by atoms with Gasteiger partial charge in [0.25, 0.3) is 0 Å². The molecule has 0 saturated heterocycles. The Bertz CT molecular complexity index is 711. The fraction of sp³-hybridized carbons (Fsp3) is 0.500. The molecule has 0 unspecified atom stereocenters. The smallest absolute Gasteiger partial charge is 0.338 e. The highest BCUT2D eigenvalue weighted by Crippen LogP contribution is 2.32. The van der Waals surface area contributed by atoms with Gasteiger partial charge in [-0.15, -0.1) is 0 Å². The molecular weight excluding hydrogens is 332 g/mol. The van der Waals surface area contributed by atoms with Gasteiger partial charge < -0.3 is 20.1 Å². The molecule has 6 heteroatoms. The van der Waals surface area contributed by atoms with Gasteiger partial charge in [0.1, 0.15) is 11.9 Å². The van der Waals surface area contributed by atoms with Crippen LogP contribution >= 0.6 is 0 Å². The summed E-state index contributed by atoms with van der Waals surface area (Å²) in [5.41, 5.74) is 1.80. The lowest BCUT2D eigenvalue weighted by Crippen LogP contribution is -2.45. The van der Waals surface area contributed by atoms with Crippen LogP contribution in [0.2, 0.25) is 0 Å². The van der Waals surface area contributed by atoms with Crippen LogP contribution in [0, 0.1) is 5.92 Å². The van der Waals surface area contributed by atoms with E-state index >= 15 is 0 Å². The molecule has 1 heterocycles. The predicted molar refractivity (Wildman–Crippen MR) is 97.6 cm³/mol. The highest BCUT2D eigenvalue weighted by Gasteiger charge is 2.35. The molecule has 0 spiro atoms. The van der Waals surface area contributed by atoms with Gasteiger partial charge in [-0.05, 0) is 56.7 Å². The average molecular weight is 358 g/mol. The third-order valence-corrected chi connectivity index (χ3v) is 5.05. The molecule has 6 nitrogen and oxygen atoms in total. The van der Waals surface area contributed by atoms with Crippen molar-refractivity contribution in [1.82, 2.24) is 10.6 Å². The molecule has 0 bridgehead atoms. The van der Waals surface area contributed by atoms with E-state index in [0.29, 0.717) is 23.8 Å². The zero-order valence-corrected chi connectivity index (χ0v) is 15.5. The third kappa shape index (κ3) is 3.84. The number of allylic oxidation sites excluding steroid dienone is 1. The summed E-state index contributed by atoms with van der Waals surface area (Å²) in [6.07, 6.45) is 3.00. The van der Waals surface area contributed by atoms with Gasteiger partial charge in [0.2, 0.25) is 0 Å². The molecule has 26 heavy (non-hydrogen) atoms. The second-order valence-corrected chi connectivity index (χ2v) is 6.92. The molecule has 2 amide bonds. The van der Waals surface area contributed by atoms with Crippen LogP contribution in [0.4, 0.5) is 4.79 Å². The molecule has 3 atom stereocenters. The molecule has 0 aromatic heterocycles. The number of esters is 1. The first-order valence-electron chi connectivity index (χ1n) is 9.21. The van der Waals surface area contributed by atoms with Crippen LogP contribution in [0.3, 0.4) is 0 Å². The Kier molecular flexibility index (Phi) is 5.49. The van der Waals surface area contributed by atoms with Crippen molar-refractivity contribution in [3.05, 3.63) is 41.1 Å². The first-order valence-corrected chi connectivity index (χ1v) is 9.21.